The van der Waals surface area contributed by atoms with Crippen LogP contribution in [0.2, 0.25) is 0 Å². The van der Waals surface area contributed by atoms with Crippen molar-refractivity contribution in [3.05, 3.63) is 45.9 Å². The molecule has 0 saturated carbocycles. The molecule has 0 amide bonds. The molecule has 4 rings (SSSR count). The van der Waals surface area contributed by atoms with Crippen LogP contribution in [0, 0.1) is 18.3 Å². The van der Waals surface area contributed by atoms with Crippen LogP contribution in [0.1, 0.15) is 17.5 Å². The highest BCUT2D eigenvalue weighted by molar-refractivity contribution is 5.77. The molecule has 3 aromatic rings. The molecule has 8 nitrogen and oxygen atoms in total. The minimum absolute atomic E-state index is 0.192. The zero-order chi connectivity index (χ0) is 19.7. The van der Waals surface area contributed by atoms with Crippen LogP contribution in [-0.4, -0.2) is 47.1 Å². The molecule has 0 bridgehead atoms. The number of morpholine rings is 1. The van der Waals surface area contributed by atoms with E-state index in [2.05, 4.69) is 11.0 Å². The highest BCUT2D eigenvalue weighted by Gasteiger charge is 2.21. The van der Waals surface area contributed by atoms with Gasteiger partial charge in [0.05, 0.1) is 19.8 Å². The molecule has 0 aliphatic carbocycles. The van der Waals surface area contributed by atoms with E-state index in [4.69, 9.17) is 15.5 Å². The van der Waals surface area contributed by atoms with Crippen LogP contribution in [0.4, 0.5) is 5.82 Å². The second kappa shape index (κ2) is 7.54. The van der Waals surface area contributed by atoms with Crippen molar-refractivity contribution >= 4 is 22.5 Å². The number of rotatable bonds is 4. The first-order chi connectivity index (χ1) is 13.6. The number of nitrogen functional groups attached to an aromatic ring is 1. The van der Waals surface area contributed by atoms with Crippen LogP contribution >= 0.6 is 0 Å². The average Bonchev–Trinajstić information content (AvgIpc) is 2.71. The van der Waals surface area contributed by atoms with Crippen molar-refractivity contribution in [3.63, 3.8) is 0 Å². The predicted molar refractivity (Wildman–Crippen MR) is 105 cm³/mol. The molecule has 3 aromatic heterocycles. The molecule has 2 N–H and O–H groups in total. The monoisotopic (exact) mass is 379 g/mol. The smallest absolute Gasteiger partial charge is 0.278 e. The zero-order valence-corrected chi connectivity index (χ0v) is 15.9. The number of nitrogens with zero attached hydrogens (tertiary/aromatic N) is 5. The molecule has 0 radical (unpaired) electrons. The van der Waals surface area contributed by atoms with Crippen molar-refractivity contribution in [1.82, 2.24) is 14.3 Å². The maximum absolute atomic E-state index is 13.0. The molecule has 1 aliphatic rings. The minimum atomic E-state index is -0.192. The summed E-state index contributed by atoms with van der Waals surface area (Å²) in [5.41, 5.74) is 8.41. The fourth-order valence-corrected chi connectivity index (χ4v) is 3.70. The van der Waals surface area contributed by atoms with Gasteiger partial charge in [0.1, 0.15) is 17.0 Å². The number of aromatic nitrogens is 3. The van der Waals surface area contributed by atoms with Crippen LogP contribution in [0.3, 0.4) is 0 Å². The van der Waals surface area contributed by atoms with E-state index in [1.165, 1.54) is 4.40 Å². The molecule has 8 heteroatoms. The van der Waals surface area contributed by atoms with Crippen LogP contribution in [0.15, 0.2) is 29.2 Å². The molecule has 1 fully saturated rings. The normalized spacial score (nSPS) is 15.1. The lowest BCUT2D eigenvalue weighted by Crippen LogP contribution is -2.43. The van der Waals surface area contributed by atoms with E-state index in [0.717, 1.165) is 44.8 Å². The van der Waals surface area contributed by atoms with Crippen LogP contribution < -0.4 is 15.9 Å². The van der Waals surface area contributed by atoms with Gasteiger partial charge in [0.25, 0.3) is 11.2 Å². The lowest BCUT2D eigenvalue weighted by atomic mass is 10.2. The third-order valence-corrected chi connectivity index (χ3v) is 5.26. The summed E-state index contributed by atoms with van der Waals surface area (Å²) in [6.07, 6.45) is 2.54. The Morgan fingerprint density at radius 2 is 2.18 bits per heavy atom. The van der Waals surface area contributed by atoms with E-state index < -0.39 is 0 Å². The van der Waals surface area contributed by atoms with E-state index in [1.807, 2.05) is 23.6 Å². The Hall–Kier alpha value is -3.02. The van der Waals surface area contributed by atoms with Crippen molar-refractivity contribution in [2.24, 2.45) is 0 Å². The van der Waals surface area contributed by atoms with Crippen LogP contribution in [-0.2, 0) is 11.3 Å². The molecular formula is C20H23N6O2+. The van der Waals surface area contributed by atoms with Gasteiger partial charge < -0.3 is 10.5 Å². The Kier molecular flexibility index (Phi) is 4.94. The molecule has 0 atom stereocenters. The average molecular weight is 379 g/mol. The van der Waals surface area contributed by atoms with Gasteiger partial charge in [-0.15, -0.1) is 0 Å². The first-order valence-corrected chi connectivity index (χ1v) is 9.44. The van der Waals surface area contributed by atoms with E-state index in [9.17, 15) is 10.1 Å². The van der Waals surface area contributed by atoms with Crippen LogP contribution in [0.5, 0.6) is 0 Å². The summed E-state index contributed by atoms with van der Waals surface area (Å²) in [4.78, 5) is 20.1. The Morgan fingerprint density at radius 3 is 2.93 bits per heavy atom. The van der Waals surface area contributed by atoms with Crippen LogP contribution in [0.25, 0.3) is 16.7 Å². The standard InChI is InChI=1S/C20H22N6O2/c1-14-4-2-6-26-18(14)23-19-16(20(26)27)12-15(13-21)17(22)25(19)7-3-5-24-8-10-28-11-9-24/h2,4,6,12,22H,3,5,7-11H2,1H3/p+1. The van der Waals surface area contributed by atoms with Crippen molar-refractivity contribution in [2.75, 3.05) is 38.6 Å². The number of fused-ring (bicyclic) bond motifs is 2. The van der Waals surface area contributed by atoms with Crippen molar-refractivity contribution in [3.8, 4) is 6.07 Å². The molecule has 28 heavy (non-hydrogen) atoms. The van der Waals surface area contributed by atoms with Gasteiger partial charge >= 0.3 is 0 Å². The minimum Gasteiger partial charge on any atom is -0.379 e. The van der Waals surface area contributed by atoms with Gasteiger partial charge in [0.15, 0.2) is 0 Å². The summed E-state index contributed by atoms with van der Waals surface area (Å²) in [6, 6.07) is 7.39. The molecule has 1 aliphatic heterocycles. The lowest BCUT2D eigenvalue weighted by molar-refractivity contribution is -0.659. The fraction of sp³-hybridized carbons (Fsp3) is 0.400. The summed E-state index contributed by atoms with van der Waals surface area (Å²) >= 11 is 0. The van der Waals surface area contributed by atoms with E-state index in [0.29, 0.717) is 34.6 Å². The largest absolute Gasteiger partial charge is 0.379 e. The summed E-state index contributed by atoms with van der Waals surface area (Å²) in [5.74, 6) is 0.349. The fourth-order valence-electron chi connectivity index (χ4n) is 3.70. The van der Waals surface area contributed by atoms with Crippen molar-refractivity contribution < 1.29 is 9.30 Å². The number of anilines is 1. The maximum atomic E-state index is 13.0. The summed E-state index contributed by atoms with van der Waals surface area (Å²) in [6.45, 7) is 6.76. The van der Waals surface area contributed by atoms with E-state index >= 15 is 0 Å². The SMILES string of the molecule is Cc1cccn2c(=O)c3cc(C#N)c(N)[n+](CCCN4CCOCC4)c3nc12. The second-order valence-electron chi connectivity index (χ2n) is 7.05. The molecule has 144 valence electrons. The maximum Gasteiger partial charge on any atom is 0.278 e. The van der Waals surface area contributed by atoms with Gasteiger partial charge in [-0.1, -0.05) is 11.1 Å². The molecule has 0 aromatic carbocycles. The number of pyridine rings is 2. The first-order valence-electron chi connectivity index (χ1n) is 9.44. The molecule has 1 saturated heterocycles. The number of nitrogens with two attached hydrogens (primary N) is 1. The van der Waals surface area contributed by atoms with Gasteiger partial charge in [-0.05, 0) is 25.5 Å². The lowest BCUT2D eigenvalue weighted by Gasteiger charge is -2.26. The number of ether oxygens (including phenoxy) is 1. The van der Waals surface area contributed by atoms with Gasteiger partial charge in [0.2, 0.25) is 11.5 Å². The third kappa shape index (κ3) is 3.19. The first kappa shape index (κ1) is 18.3. The summed E-state index contributed by atoms with van der Waals surface area (Å²) in [7, 11) is 0. The quantitative estimate of drug-likeness (QED) is 0.527. The predicted octanol–water partition coefficient (Wildman–Crippen LogP) is 0.620. The molecular weight excluding hydrogens is 356 g/mol. The summed E-state index contributed by atoms with van der Waals surface area (Å²) < 4.78 is 8.72. The number of hydrogen-bond donors (Lipinski definition) is 1. The Bertz CT molecular complexity index is 1140. The number of aryl methyl sites for hydroxylation is 2. The topological polar surface area (TPSA) is 101 Å². The van der Waals surface area contributed by atoms with Gasteiger partial charge in [-0.2, -0.15) is 5.26 Å². The Morgan fingerprint density at radius 1 is 1.39 bits per heavy atom. The third-order valence-electron chi connectivity index (χ3n) is 5.26. The summed E-state index contributed by atoms with van der Waals surface area (Å²) in [5, 5.41) is 9.89. The van der Waals surface area contributed by atoms with Gasteiger partial charge in [-0.25, -0.2) is 4.57 Å². The Balaban J connectivity index is 1.80. The molecule has 0 unspecified atom stereocenters. The van der Waals surface area contributed by atoms with Crippen molar-refractivity contribution in [1.29, 1.82) is 5.26 Å². The van der Waals surface area contributed by atoms with Gasteiger partial charge in [0, 0.05) is 31.4 Å². The number of nitriles is 1. The Labute approximate surface area is 162 Å². The molecule has 0 spiro atoms. The highest BCUT2D eigenvalue weighted by Crippen LogP contribution is 2.15. The van der Waals surface area contributed by atoms with E-state index in [-0.39, 0.29) is 5.56 Å². The van der Waals surface area contributed by atoms with E-state index in [1.54, 1.807) is 12.3 Å². The number of hydrogen-bond acceptors (Lipinski definition) is 6. The molecule has 4 heterocycles. The second-order valence-corrected chi connectivity index (χ2v) is 7.05. The van der Waals surface area contributed by atoms with Crippen molar-refractivity contribution in [2.45, 2.75) is 19.9 Å². The highest BCUT2D eigenvalue weighted by atomic mass is 16.5. The zero-order valence-electron chi connectivity index (χ0n) is 15.9. The van der Waals surface area contributed by atoms with Gasteiger partial charge in [-0.3, -0.25) is 14.1 Å².